The van der Waals surface area contributed by atoms with Gasteiger partial charge in [0.25, 0.3) is 0 Å². The summed E-state index contributed by atoms with van der Waals surface area (Å²) in [5.74, 6) is 0.261. The van der Waals surface area contributed by atoms with Crippen molar-refractivity contribution in [3.05, 3.63) is 11.4 Å². The Balaban J connectivity index is 2.59. The molecular weight excluding hydrogens is 296 g/mol. The Kier molecular flexibility index (Phi) is 6.78. The number of nitrogens with zero attached hydrogens (tertiary/aromatic N) is 3. The minimum absolute atomic E-state index is 0.0518. The molecule has 0 bridgehead atoms. The van der Waals surface area contributed by atoms with E-state index in [0.29, 0.717) is 12.4 Å². The van der Waals surface area contributed by atoms with E-state index in [0.717, 1.165) is 42.4 Å². The Morgan fingerprint density at radius 1 is 1.17 bits per heavy atom. The van der Waals surface area contributed by atoms with Crippen LogP contribution in [0.5, 0.6) is 0 Å². The van der Waals surface area contributed by atoms with Gasteiger partial charge in [-0.3, -0.25) is 10.1 Å². The highest BCUT2D eigenvalue weighted by Gasteiger charge is 2.08. The third kappa shape index (κ3) is 4.68. The Morgan fingerprint density at radius 2 is 1.89 bits per heavy atom. The van der Waals surface area contributed by atoms with Crippen LogP contribution in [0.15, 0.2) is 0 Å². The lowest BCUT2D eigenvalue weighted by Gasteiger charge is -2.06. The van der Waals surface area contributed by atoms with Crippen molar-refractivity contribution in [3.63, 3.8) is 0 Å². The average Bonchev–Trinajstić information content (AvgIpc) is 2.39. The van der Waals surface area contributed by atoms with E-state index in [4.69, 9.17) is 0 Å². The van der Waals surface area contributed by atoms with E-state index >= 15 is 0 Å². The zero-order chi connectivity index (χ0) is 13.4. The number of aromatic nitrogens is 3. The summed E-state index contributed by atoms with van der Waals surface area (Å²) in [4.78, 5) is 15.9. The Hall–Kier alpha value is -1.04. The van der Waals surface area contributed by atoms with Crippen molar-refractivity contribution in [1.29, 1.82) is 0 Å². The number of alkyl halides is 1. The van der Waals surface area contributed by atoms with Crippen LogP contribution in [0.3, 0.4) is 0 Å². The van der Waals surface area contributed by atoms with E-state index in [-0.39, 0.29) is 5.91 Å². The van der Waals surface area contributed by atoms with Crippen LogP contribution >= 0.6 is 15.9 Å². The summed E-state index contributed by atoms with van der Waals surface area (Å²) in [6, 6.07) is 0. The first-order valence-electron chi connectivity index (χ1n) is 6.29. The quantitative estimate of drug-likeness (QED) is 0.620. The topological polar surface area (TPSA) is 67.8 Å². The fourth-order valence-corrected chi connectivity index (χ4v) is 1.95. The van der Waals surface area contributed by atoms with Crippen LogP contribution in [-0.2, 0) is 17.6 Å². The van der Waals surface area contributed by atoms with Crippen molar-refractivity contribution in [3.8, 4) is 0 Å². The number of hydrogen-bond donors (Lipinski definition) is 1. The number of anilines is 1. The van der Waals surface area contributed by atoms with Crippen LogP contribution in [0, 0.1) is 0 Å². The molecule has 0 saturated carbocycles. The zero-order valence-electron chi connectivity index (χ0n) is 10.9. The van der Waals surface area contributed by atoms with Gasteiger partial charge in [0.05, 0.1) is 11.4 Å². The van der Waals surface area contributed by atoms with E-state index < -0.39 is 0 Å². The summed E-state index contributed by atoms with van der Waals surface area (Å²) in [6.45, 7) is 4.04. The highest BCUT2D eigenvalue weighted by atomic mass is 79.9. The summed E-state index contributed by atoms with van der Waals surface area (Å²) >= 11 is 3.33. The second kappa shape index (κ2) is 8.13. The van der Waals surface area contributed by atoms with E-state index in [9.17, 15) is 4.79 Å². The fraction of sp³-hybridized carbons (Fsp3) is 0.667. The van der Waals surface area contributed by atoms with Gasteiger partial charge in [0, 0.05) is 11.8 Å². The molecule has 0 aliphatic rings. The minimum Gasteiger partial charge on any atom is -0.293 e. The molecule has 1 aromatic heterocycles. The lowest BCUT2D eigenvalue weighted by molar-refractivity contribution is -0.116. The Labute approximate surface area is 116 Å². The second-order valence-corrected chi connectivity index (χ2v) is 4.72. The van der Waals surface area contributed by atoms with Gasteiger partial charge in [-0.2, -0.15) is 0 Å². The van der Waals surface area contributed by atoms with E-state index in [2.05, 4.69) is 36.4 Å². The third-order valence-electron chi connectivity index (χ3n) is 2.55. The van der Waals surface area contributed by atoms with Crippen LogP contribution in [0.1, 0.15) is 44.5 Å². The molecular formula is C12H19BrN4O. The van der Waals surface area contributed by atoms with Crippen molar-refractivity contribution < 1.29 is 4.79 Å². The number of rotatable bonds is 7. The van der Waals surface area contributed by atoms with E-state index in [1.807, 2.05) is 13.8 Å². The third-order valence-corrected chi connectivity index (χ3v) is 3.11. The SMILES string of the molecule is CCc1nnc(NC(=O)CCCCBr)nc1CC. The van der Waals surface area contributed by atoms with Crippen LogP contribution in [-0.4, -0.2) is 26.4 Å². The van der Waals surface area contributed by atoms with Gasteiger partial charge >= 0.3 is 0 Å². The molecule has 0 aliphatic carbocycles. The minimum atomic E-state index is -0.0518. The van der Waals surface area contributed by atoms with Gasteiger partial charge in [0.2, 0.25) is 11.9 Å². The molecule has 0 unspecified atom stereocenters. The number of unbranched alkanes of at least 4 members (excludes halogenated alkanes) is 1. The normalized spacial score (nSPS) is 10.4. The molecule has 5 nitrogen and oxygen atoms in total. The van der Waals surface area contributed by atoms with E-state index in [1.165, 1.54) is 0 Å². The Morgan fingerprint density at radius 3 is 2.50 bits per heavy atom. The molecule has 1 N–H and O–H groups in total. The van der Waals surface area contributed by atoms with Gasteiger partial charge in [-0.05, 0) is 25.7 Å². The smallest absolute Gasteiger partial charge is 0.249 e. The van der Waals surface area contributed by atoms with Gasteiger partial charge in [-0.25, -0.2) is 4.98 Å². The molecule has 0 fully saturated rings. The molecule has 6 heteroatoms. The number of halogens is 1. The molecule has 0 saturated heterocycles. The number of carbonyl (C=O) groups excluding carboxylic acids is 1. The lowest BCUT2D eigenvalue weighted by atomic mass is 10.2. The van der Waals surface area contributed by atoms with Crippen LogP contribution in [0.2, 0.25) is 0 Å². The molecule has 0 radical (unpaired) electrons. The van der Waals surface area contributed by atoms with Crippen molar-refractivity contribution in [2.45, 2.75) is 46.0 Å². The van der Waals surface area contributed by atoms with Crippen molar-refractivity contribution in [1.82, 2.24) is 15.2 Å². The predicted molar refractivity (Wildman–Crippen MR) is 74.9 cm³/mol. The van der Waals surface area contributed by atoms with Gasteiger partial charge in [-0.15, -0.1) is 10.2 Å². The molecule has 1 amide bonds. The maximum absolute atomic E-state index is 11.6. The van der Waals surface area contributed by atoms with Crippen molar-refractivity contribution in [2.75, 3.05) is 10.6 Å². The highest BCUT2D eigenvalue weighted by molar-refractivity contribution is 9.09. The maximum Gasteiger partial charge on any atom is 0.249 e. The monoisotopic (exact) mass is 314 g/mol. The van der Waals surface area contributed by atoms with Gasteiger partial charge in [0.1, 0.15) is 0 Å². The molecule has 100 valence electrons. The molecule has 1 heterocycles. The Bertz CT molecular complexity index is 398. The van der Waals surface area contributed by atoms with E-state index in [1.54, 1.807) is 0 Å². The first-order valence-corrected chi connectivity index (χ1v) is 7.41. The summed E-state index contributed by atoms with van der Waals surface area (Å²) < 4.78 is 0. The lowest BCUT2D eigenvalue weighted by Crippen LogP contribution is -2.16. The van der Waals surface area contributed by atoms with Crippen LogP contribution in [0.4, 0.5) is 5.95 Å². The highest BCUT2D eigenvalue weighted by Crippen LogP contribution is 2.07. The second-order valence-electron chi connectivity index (χ2n) is 3.93. The summed E-state index contributed by atoms with van der Waals surface area (Å²) in [7, 11) is 0. The van der Waals surface area contributed by atoms with Gasteiger partial charge in [0.15, 0.2) is 0 Å². The van der Waals surface area contributed by atoms with Crippen LogP contribution in [0.25, 0.3) is 0 Å². The van der Waals surface area contributed by atoms with Crippen LogP contribution < -0.4 is 5.32 Å². The van der Waals surface area contributed by atoms with Crippen molar-refractivity contribution in [2.24, 2.45) is 0 Å². The molecule has 0 atom stereocenters. The molecule has 0 aromatic carbocycles. The summed E-state index contributed by atoms with van der Waals surface area (Å²) in [5.41, 5.74) is 1.80. The average molecular weight is 315 g/mol. The zero-order valence-corrected chi connectivity index (χ0v) is 12.5. The molecule has 0 aliphatic heterocycles. The van der Waals surface area contributed by atoms with Gasteiger partial charge < -0.3 is 0 Å². The first kappa shape index (κ1) is 15.0. The largest absolute Gasteiger partial charge is 0.293 e. The number of aryl methyl sites for hydroxylation is 2. The number of nitrogens with one attached hydrogen (secondary N) is 1. The molecule has 18 heavy (non-hydrogen) atoms. The maximum atomic E-state index is 11.6. The first-order chi connectivity index (χ1) is 8.71. The van der Waals surface area contributed by atoms with Gasteiger partial charge in [-0.1, -0.05) is 29.8 Å². The molecule has 0 spiro atoms. The number of carbonyl (C=O) groups is 1. The molecule has 1 aromatic rings. The standard InChI is InChI=1S/C12H19BrN4O/c1-3-9-10(4-2)16-17-12(14-9)15-11(18)7-5-6-8-13/h3-8H2,1-2H3,(H,14,15,17,18). The summed E-state index contributed by atoms with van der Waals surface area (Å²) in [5, 5.41) is 11.6. The molecule has 1 rings (SSSR count). The number of amides is 1. The fourth-order valence-electron chi connectivity index (χ4n) is 1.56. The summed E-state index contributed by atoms with van der Waals surface area (Å²) in [6.07, 6.45) is 3.94. The van der Waals surface area contributed by atoms with Crippen molar-refractivity contribution >= 4 is 27.8 Å². The number of hydrogen-bond acceptors (Lipinski definition) is 4. The predicted octanol–water partition coefficient (Wildman–Crippen LogP) is 2.50.